The van der Waals surface area contributed by atoms with Crippen molar-refractivity contribution in [3.05, 3.63) is 28.7 Å². The van der Waals surface area contributed by atoms with E-state index in [4.69, 9.17) is 5.73 Å². The molecule has 1 aromatic rings. The Labute approximate surface area is 144 Å². The predicted molar refractivity (Wildman–Crippen MR) is 93.0 cm³/mol. The molecule has 0 spiro atoms. The fourth-order valence-electron chi connectivity index (χ4n) is 3.55. The lowest BCUT2D eigenvalue weighted by atomic mass is 9.98. The smallest absolute Gasteiger partial charge is 0.239 e. The molecule has 1 aromatic carbocycles. The second-order valence-electron chi connectivity index (χ2n) is 6.23. The van der Waals surface area contributed by atoms with E-state index in [1.807, 2.05) is 29.2 Å². The molecule has 3 rings (SSSR count). The highest BCUT2D eigenvalue weighted by Crippen LogP contribution is 2.30. The Balaban J connectivity index is 1.74. The second kappa shape index (κ2) is 7.01. The summed E-state index contributed by atoms with van der Waals surface area (Å²) in [7, 11) is 0. The van der Waals surface area contributed by atoms with Gasteiger partial charge in [-0.25, -0.2) is 0 Å². The molecule has 0 aliphatic carbocycles. The fraction of sp³-hybridized carbons (Fsp3) is 0.529. The highest BCUT2D eigenvalue weighted by Gasteiger charge is 2.41. The predicted octanol–water partition coefficient (Wildman–Crippen LogP) is 2.14. The van der Waals surface area contributed by atoms with Gasteiger partial charge in [0.1, 0.15) is 5.92 Å². The van der Waals surface area contributed by atoms with Gasteiger partial charge in [-0.05, 0) is 43.9 Å². The lowest BCUT2D eigenvalue weighted by Gasteiger charge is -2.36. The maximum Gasteiger partial charge on any atom is 0.239 e. The summed E-state index contributed by atoms with van der Waals surface area (Å²) in [4.78, 5) is 29.1. The van der Waals surface area contributed by atoms with Gasteiger partial charge in [-0.3, -0.25) is 9.59 Å². The van der Waals surface area contributed by atoms with Crippen molar-refractivity contribution in [1.29, 1.82) is 0 Å². The zero-order valence-corrected chi connectivity index (χ0v) is 14.7. The highest BCUT2D eigenvalue weighted by molar-refractivity contribution is 9.10. The van der Waals surface area contributed by atoms with Crippen molar-refractivity contribution in [3.8, 4) is 0 Å². The van der Waals surface area contributed by atoms with E-state index < -0.39 is 5.92 Å². The summed E-state index contributed by atoms with van der Waals surface area (Å²) in [6.45, 7) is 1.79. The molecule has 23 heavy (non-hydrogen) atoms. The van der Waals surface area contributed by atoms with Gasteiger partial charge in [-0.1, -0.05) is 22.0 Å². The highest BCUT2D eigenvalue weighted by atomic mass is 79.9. The first-order chi connectivity index (χ1) is 11.1. The van der Waals surface area contributed by atoms with Crippen LogP contribution >= 0.6 is 15.9 Å². The van der Waals surface area contributed by atoms with Crippen molar-refractivity contribution in [3.63, 3.8) is 0 Å². The number of likely N-dealkylation sites (tertiary alicyclic amines) is 1. The van der Waals surface area contributed by atoms with E-state index in [0.717, 1.165) is 36.0 Å². The van der Waals surface area contributed by atoms with E-state index in [0.29, 0.717) is 19.5 Å². The van der Waals surface area contributed by atoms with E-state index in [1.165, 1.54) is 0 Å². The van der Waals surface area contributed by atoms with Crippen LogP contribution in [-0.2, 0) is 9.59 Å². The summed E-state index contributed by atoms with van der Waals surface area (Å²) in [6.07, 6.45) is 3.63. The number of carbonyl (C=O) groups is 2. The quantitative estimate of drug-likeness (QED) is 0.818. The van der Waals surface area contributed by atoms with Crippen LogP contribution in [0.1, 0.15) is 25.7 Å². The summed E-state index contributed by atoms with van der Waals surface area (Å²) in [5.74, 6) is -0.682. The third kappa shape index (κ3) is 3.28. The average molecular weight is 380 g/mol. The molecular weight excluding hydrogens is 358 g/mol. The largest absolute Gasteiger partial charge is 0.338 e. The first-order valence-corrected chi connectivity index (χ1v) is 8.98. The number of nitrogens with two attached hydrogens (primary N) is 1. The number of rotatable bonds is 3. The summed E-state index contributed by atoms with van der Waals surface area (Å²) < 4.78 is 0.928. The molecule has 0 radical (unpaired) electrons. The van der Waals surface area contributed by atoms with Gasteiger partial charge in [0.15, 0.2) is 0 Å². The molecule has 0 bridgehead atoms. The lowest BCUT2D eigenvalue weighted by molar-refractivity contribution is -0.142. The minimum atomic E-state index is -0.555. The molecule has 124 valence electrons. The molecule has 2 aliphatic heterocycles. The van der Waals surface area contributed by atoms with Crippen LogP contribution in [0.2, 0.25) is 0 Å². The Morgan fingerprint density at radius 2 is 2.09 bits per heavy atom. The number of nitrogens with zero attached hydrogens (tertiary/aromatic N) is 2. The number of hydrogen-bond acceptors (Lipinski definition) is 3. The number of benzene rings is 1. The van der Waals surface area contributed by atoms with Gasteiger partial charge >= 0.3 is 0 Å². The molecule has 5 nitrogen and oxygen atoms in total. The Bertz CT molecular complexity index is 607. The van der Waals surface area contributed by atoms with Gasteiger partial charge in [-0.2, -0.15) is 0 Å². The topological polar surface area (TPSA) is 66.6 Å². The van der Waals surface area contributed by atoms with E-state index in [-0.39, 0.29) is 17.9 Å². The van der Waals surface area contributed by atoms with Crippen molar-refractivity contribution in [2.24, 2.45) is 11.7 Å². The van der Waals surface area contributed by atoms with Gasteiger partial charge in [0.25, 0.3) is 0 Å². The first-order valence-electron chi connectivity index (χ1n) is 8.19. The Kier molecular flexibility index (Phi) is 5.02. The van der Waals surface area contributed by atoms with Gasteiger partial charge in [0.2, 0.25) is 11.8 Å². The zero-order valence-electron chi connectivity index (χ0n) is 13.1. The van der Waals surface area contributed by atoms with Crippen molar-refractivity contribution < 1.29 is 9.59 Å². The molecule has 0 saturated carbocycles. The average Bonchev–Trinajstić information content (AvgIpc) is 2.95. The van der Waals surface area contributed by atoms with Crippen LogP contribution in [0, 0.1) is 5.92 Å². The maximum absolute atomic E-state index is 12.8. The zero-order chi connectivity index (χ0) is 16.4. The van der Waals surface area contributed by atoms with Gasteiger partial charge in [0, 0.05) is 35.8 Å². The second-order valence-corrected chi connectivity index (χ2v) is 7.14. The molecule has 2 amide bonds. The van der Waals surface area contributed by atoms with Crippen molar-refractivity contribution in [2.75, 3.05) is 24.5 Å². The molecule has 2 fully saturated rings. The van der Waals surface area contributed by atoms with Crippen molar-refractivity contribution in [2.45, 2.75) is 31.7 Å². The van der Waals surface area contributed by atoms with Crippen LogP contribution in [-0.4, -0.2) is 42.4 Å². The molecule has 2 saturated heterocycles. The minimum Gasteiger partial charge on any atom is -0.338 e. The Morgan fingerprint density at radius 1 is 1.26 bits per heavy atom. The minimum absolute atomic E-state index is 0.0392. The summed E-state index contributed by atoms with van der Waals surface area (Å²) in [5, 5.41) is 0. The lowest BCUT2D eigenvalue weighted by Crippen LogP contribution is -2.50. The number of amides is 2. The fourth-order valence-corrected chi connectivity index (χ4v) is 3.93. The molecule has 2 atom stereocenters. The van der Waals surface area contributed by atoms with Crippen molar-refractivity contribution in [1.82, 2.24) is 4.90 Å². The number of anilines is 1. The van der Waals surface area contributed by atoms with Crippen LogP contribution in [0.3, 0.4) is 0 Å². The summed E-state index contributed by atoms with van der Waals surface area (Å²) in [6, 6.07) is 7.72. The van der Waals surface area contributed by atoms with E-state index in [9.17, 15) is 9.59 Å². The standard InChI is InChI=1S/C17H22BrN3O2/c18-12-4-3-6-13(10-12)21-9-7-15(17(21)23)16(22)20-8-2-1-5-14(20)11-19/h3-4,6,10,14-15H,1-2,5,7-9,11,19H2. The molecule has 0 aromatic heterocycles. The van der Waals surface area contributed by atoms with Crippen LogP contribution in [0.15, 0.2) is 28.7 Å². The first kappa shape index (κ1) is 16.5. The summed E-state index contributed by atoms with van der Waals surface area (Å²) >= 11 is 3.43. The SMILES string of the molecule is NCC1CCCCN1C(=O)C1CCN(c2cccc(Br)c2)C1=O. The van der Waals surface area contributed by atoms with E-state index in [2.05, 4.69) is 15.9 Å². The van der Waals surface area contributed by atoms with Crippen LogP contribution < -0.4 is 10.6 Å². The van der Waals surface area contributed by atoms with Gasteiger partial charge in [-0.15, -0.1) is 0 Å². The molecule has 2 unspecified atom stereocenters. The van der Waals surface area contributed by atoms with Gasteiger partial charge < -0.3 is 15.5 Å². The van der Waals surface area contributed by atoms with Crippen molar-refractivity contribution >= 4 is 33.4 Å². The van der Waals surface area contributed by atoms with Crippen LogP contribution in [0.5, 0.6) is 0 Å². The molecule has 2 N–H and O–H groups in total. The monoisotopic (exact) mass is 379 g/mol. The normalized spacial score (nSPS) is 25.0. The molecule has 2 heterocycles. The Hall–Kier alpha value is -1.40. The maximum atomic E-state index is 12.8. The number of piperidine rings is 1. The van der Waals surface area contributed by atoms with E-state index >= 15 is 0 Å². The molecule has 6 heteroatoms. The summed E-state index contributed by atoms with van der Waals surface area (Å²) in [5.41, 5.74) is 6.65. The Morgan fingerprint density at radius 3 is 2.83 bits per heavy atom. The van der Waals surface area contributed by atoms with E-state index in [1.54, 1.807) is 4.90 Å². The van der Waals surface area contributed by atoms with Crippen LogP contribution in [0.4, 0.5) is 5.69 Å². The van der Waals surface area contributed by atoms with Crippen LogP contribution in [0.25, 0.3) is 0 Å². The number of halogens is 1. The number of carbonyl (C=O) groups excluding carboxylic acids is 2. The molecule has 2 aliphatic rings. The number of hydrogen-bond donors (Lipinski definition) is 1. The third-order valence-corrected chi connectivity index (χ3v) is 5.30. The third-order valence-electron chi connectivity index (χ3n) is 4.81. The molecular formula is C17H22BrN3O2. The van der Waals surface area contributed by atoms with Gasteiger partial charge in [0.05, 0.1) is 0 Å².